The number of nitrogens with zero attached hydrogens (tertiary/aromatic N) is 4. The van der Waals surface area contributed by atoms with E-state index in [1.807, 2.05) is 18.2 Å². The lowest BCUT2D eigenvalue weighted by Gasteiger charge is -2.23. The fourth-order valence-electron chi connectivity index (χ4n) is 3.16. The van der Waals surface area contributed by atoms with E-state index in [1.165, 1.54) is 10.8 Å². The molecule has 0 N–H and O–H groups in total. The van der Waals surface area contributed by atoms with E-state index < -0.39 is 0 Å². The van der Waals surface area contributed by atoms with E-state index >= 15 is 0 Å². The minimum absolute atomic E-state index is 0.0580. The highest BCUT2D eigenvalue weighted by Gasteiger charge is 2.29. The number of ether oxygens (including phenoxy) is 2. The third-order valence-electron chi connectivity index (χ3n) is 4.40. The quantitative estimate of drug-likeness (QED) is 0.734. The summed E-state index contributed by atoms with van der Waals surface area (Å²) in [6, 6.07) is 5.76. The molecule has 24 heavy (non-hydrogen) atoms. The van der Waals surface area contributed by atoms with E-state index in [-0.39, 0.29) is 11.7 Å². The monoisotopic (exact) mass is 324 g/mol. The van der Waals surface area contributed by atoms with Crippen molar-refractivity contribution in [1.29, 1.82) is 0 Å². The minimum atomic E-state index is 0.0580. The molecule has 122 valence electrons. The summed E-state index contributed by atoms with van der Waals surface area (Å²) < 4.78 is 12.2. The number of rotatable bonds is 3. The van der Waals surface area contributed by atoms with Crippen molar-refractivity contribution >= 4 is 11.6 Å². The molecule has 2 heterocycles. The van der Waals surface area contributed by atoms with Gasteiger partial charge in [-0.2, -0.15) is 10.1 Å². The minimum Gasteiger partial charge on any atom is -0.493 e. The third-order valence-corrected chi connectivity index (χ3v) is 4.40. The molecule has 0 saturated heterocycles. The van der Waals surface area contributed by atoms with Gasteiger partial charge in [-0.25, -0.2) is 9.50 Å². The molecule has 7 nitrogen and oxygen atoms in total. The lowest BCUT2D eigenvalue weighted by atomic mass is 9.82. The summed E-state index contributed by atoms with van der Waals surface area (Å²) in [7, 11) is 3.21. The predicted octanol–water partition coefficient (Wildman–Crippen LogP) is 2.05. The number of carbonyl (C=O) groups excluding carboxylic acids is 1. The van der Waals surface area contributed by atoms with Crippen LogP contribution in [0.15, 0.2) is 30.7 Å². The van der Waals surface area contributed by atoms with Gasteiger partial charge in [0.2, 0.25) is 0 Å². The number of carbonyl (C=O) groups is 1. The molecule has 7 heteroatoms. The molecule has 4 rings (SSSR count). The summed E-state index contributed by atoms with van der Waals surface area (Å²) in [6.45, 7) is 0. The molecular weight excluding hydrogens is 308 g/mol. The van der Waals surface area contributed by atoms with Gasteiger partial charge in [-0.15, -0.1) is 0 Å². The molecule has 0 fully saturated rings. The Morgan fingerprint density at radius 2 is 2.00 bits per heavy atom. The van der Waals surface area contributed by atoms with Crippen molar-refractivity contribution in [2.45, 2.75) is 18.8 Å². The predicted molar refractivity (Wildman–Crippen MR) is 85.7 cm³/mol. The van der Waals surface area contributed by atoms with Crippen LogP contribution in [0.5, 0.6) is 11.5 Å². The summed E-state index contributed by atoms with van der Waals surface area (Å²) in [4.78, 5) is 21.1. The van der Waals surface area contributed by atoms with Gasteiger partial charge in [0.25, 0.3) is 5.78 Å². The molecular formula is C17H16N4O3. The first-order valence-corrected chi connectivity index (χ1v) is 7.64. The van der Waals surface area contributed by atoms with Crippen molar-refractivity contribution in [3.05, 3.63) is 47.5 Å². The Balaban J connectivity index is 1.73. The van der Waals surface area contributed by atoms with Crippen molar-refractivity contribution in [3.8, 4) is 11.5 Å². The fourth-order valence-corrected chi connectivity index (χ4v) is 3.16. The van der Waals surface area contributed by atoms with Gasteiger partial charge in [-0.1, -0.05) is 6.07 Å². The van der Waals surface area contributed by atoms with E-state index in [1.54, 1.807) is 20.4 Å². The summed E-state index contributed by atoms with van der Waals surface area (Å²) in [5, 5.41) is 4.04. The molecule has 0 saturated carbocycles. The second kappa shape index (κ2) is 5.59. The number of ketones is 1. The van der Waals surface area contributed by atoms with Gasteiger partial charge in [0.1, 0.15) is 6.33 Å². The van der Waals surface area contributed by atoms with Crippen molar-refractivity contribution in [2.24, 2.45) is 0 Å². The van der Waals surface area contributed by atoms with Crippen LogP contribution in [0.1, 0.15) is 34.0 Å². The summed E-state index contributed by atoms with van der Waals surface area (Å²) in [6.07, 6.45) is 4.27. The number of fused-ring (bicyclic) bond motifs is 2. The summed E-state index contributed by atoms with van der Waals surface area (Å²) in [5.74, 6) is 1.97. The normalized spacial score (nSPS) is 16.9. The van der Waals surface area contributed by atoms with Gasteiger partial charge in [0.05, 0.1) is 25.5 Å². The molecule has 0 unspecified atom stereocenters. The number of methoxy groups -OCH3 is 2. The standard InChI is InChI=1S/C17H16N4O3/c1-23-15-4-3-10(7-16(15)24-2)11-5-13-12(14(22)6-11)8-21-17(20-13)18-9-19-21/h3-4,7-9,11H,5-6H2,1-2H3/t11-/m1/s1. The van der Waals surface area contributed by atoms with E-state index in [0.717, 1.165) is 11.3 Å². The van der Waals surface area contributed by atoms with Gasteiger partial charge in [-0.05, 0) is 30.0 Å². The summed E-state index contributed by atoms with van der Waals surface area (Å²) in [5.41, 5.74) is 2.44. The van der Waals surface area contributed by atoms with Gasteiger partial charge in [0.15, 0.2) is 17.3 Å². The molecule has 0 bridgehead atoms. The fraction of sp³-hybridized carbons (Fsp3) is 0.294. The smallest absolute Gasteiger partial charge is 0.252 e. The first-order valence-electron chi connectivity index (χ1n) is 7.64. The van der Waals surface area contributed by atoms with Crippen molar-refractivity contribution in [1.82, 2.24) is 19.6 Å². The number of hydrogen-bond acceptors (Lipinski definition) is 6. The Morgan fingerprint density at radius 3 is 2.79 bits per heavy atom. The Labute approximate surface area is 138 Å². The van der Waals surface area contributed by atoms with Crippen molar-refractivity contribution in [3.63, 3.8) is 0 Å². The van der Waals surface area contributed by atoms with E-state index in [2.05, 4.69) is 15.1 Å². The van der Waals surface area contributed by atoms with E-state index in [4.69, 9.17) is 9.47 Å². The first kappa shape index (κ1) is 14.6. The van der Waals surface area contributed by atoms with Gasteiger partial charge < -0.3 is 9.47 Å². The number of hydrogen-bond donors (Lipinski definition) is 0. The SMILES string of the molecule is COc1ccc([C@H]2CC(=O)c3cn4ncnc4nc3C2)cc1OC. The van der Waals surface area contributed by atoms with Crippen LogP contribution in [0.3, 0.4) is 0 Å². The summed E-state index contributed by atoms with van der Waals surface area (Å²) >= 11 is 0. The van der Waals surface area contributed by atoms with E-state index in [9.17, 15) is 4.79 Å². The highest BCUT2D eigenvalue weighted by Crippen LogP contribution is 2.36. The van der Waals surface area contributed by atoms with Gasteiger partial charge in [0, 0.05) is 12.6 Å². The molecule has 1 aliphatic carbocycles. The Bertz CT molecular complexity index is 935. The maximum atomic E-state index is 12.6. The van der Waals surface area contributed by atoms with Crippen LogP contribution in [0.4, 0.5) is 0 Å². The zero-order valence-electron chi connectivity index (χ0n) is 13.4. The second-order valence-electron chi connectivity index (χ2n) is 5.75. The molecule has 0 spiro atoms. The van der Waals surface area contributed by atoms with Gasteiger partial charge >= 0.3 is 0 Å². The lowest BCUT2D eigenvalue weighted by molar-refractivity contribution is 0.0962. The Morgan fingerprint density at radius 1 is 1.17 bits per heavy atom. The molecule has 3 aromatic rings. The van der Waals surface area contributed by atoms with Crippen molar-refractivity contribution in [2.75, 3.05) is 14.2 Å². The van der Waals surface area contributed by atoms with Crippen LogP contribution in [0.2, 0.25) is 0 Å². The van der Waals surface area contributed by atoms with Crippen LogP contribution in [-0.2, 0) is 6.42 Å². The highest BCUT2D eigenvalue weighted by atomic mass is 16.5. The van der Waals surface area contributed by atoms with Crippen LogP contribution in [-0.4, -0.2) is 39.6 Å². The largest absolute Gasteiger partial charge is 0.493 e. The lowest BCUT2D eigenvalue weighted by Crippen LogP contribution is -2.21. The van der Waals surface area contributed by atoms with Crippen molar-refractivity contribution < 1.29 is 14.3 Å². The highest BCUT2D eigenvalue weighted by molar-refractivity contribution is 5.98. The molecule has 0 amide bonds. The molecule has 1 aliphatic rings. The van der Waals surface area contributed by atoms with E-state index in [0.29, 0.717) is 35.7 Å². The number of benzene rings is 1. The molecule has 0 aliphatic heterocycles. The average molecular weight is 324 g/mol. The molecule has 1 aromatic carbocycles. The molecule has 0 radical (unpaired) electrons. The average Bonchev–Trinajstić information content (AvgIpc) is 3.06. The Hall–Kier alpha value is -2.96. The van der Waals surface area contributed by atoms with Crippen LogP contribution >= 0.6 is 0 Å². The topological polar surface area (TPSA) is 78.6 Å². The maximum Gasteiger partial charge on any atom is 0.252 e. The number of aromatic nitrogens is 4. The zero-order valence-corrected chi connectivity index (χ0v) is 13.4. The van der Waals surface area contributed by atoms with Crippen LogP contribution in [0, 0.1) is 0 Å². The molecule has 1 atom stereocenters. The van der Waals surface area contributed by atoms with Crippen LogP contribution in [0.25, 0.3) is 5.78 Å². The van der Waals surface area contributed by atoms with Crippen LogP contribution < -0.4 is 9.47 Å². The first-order chi connectivity index (χ1) is 11.7. The Kier molecular flexibility index (Phi) is 3.41. The zero-order chi connectivity index (χ0) is 16.7. The van der Waals surface area contributed by atoms with Gasteiger partial charge in [-0.3, -0.25) is 4.79 Å². The number of Topliss-reactive ketones (excluding diaryl/α,β-unsaturated/α-hetero) is 1. The third kappa shape index (κ3) is 2.29. The second-order valence-corrected chi connectivity index (χ2v) is 5.75. The molecule has 2 aromatic heterocycles. The maximum absolute atomic E-state index is 12.6.